The standard InChI is InChI=1S/C57H43N5S/c1-56(2)30-31-57(3,4)43-33-47-41(32-42(43)56)50-44(61(47)36-19-9-6-10-20-36)28-29-46-51(50)49-37-21-12-11-16-34(37)26-27-45(49)62(46)55-59-53(35-17-7-5-8-18-35)58-54(60-55)40-24-15-23-39-38-22-13-14-25-48(38)63-52(39)40/h5-29,32-33H,30-31H2,1-4H3. The number of rotatable bonds is 4. The van der Waals surface area contributed by atoms with Crippen molar-refractivity contribution in [1.29, 1.82) is 0 Å². The first-order chi connectivity index (χ1) is 30.7. The Kier molecular flexibility index (Phi) is 7.64. The summed E-state index contributed by atoms with van der Waals surface area (Å²) in [5, 5.41) is 9.80. The molecule has 0 spiro atoms. The number of hydrogen-bond donors (Lipinski definition) is 0. The third kappa shape index (κ3) is 5.31. The van der Waals surface area contributed by atoms with Crippen molar-refractivity contribution >= 4 is 85.9 Å². The second kappa shape index (κ2) is 13.2. The average molecular weight is 830 g/mol. The number of nitrogens with zero attached hydrogens (tertiary/aromatic N) is 5. The predicted molar refractivity (Wildman–Crippen MR) is 265 cm³/mol. The Labute approximate surface area is 368 Å². The Morgan fingerprint density at radius 1 is 0.460 bits per heavy atom. The van der Waals surface area contributed by atoms with Gasteiger partial charge in [0.2, 0.25) is 5.95 Å². The molecule has 4 heterocycles. The molecule has 0 atom stereocenters. The number of benzene rings is 8. The van der Waals surface area contributed by atoms with Crippen molar-refractivity contribution in [3.05, 3.63) is 175 Å². The molecule has 0 aliphatic heterocycles. The van der Waals surface area contributed by atoms with E-state index >= 15 is 0 Å². The van der Waals surface area contributed by atoms with Crippen molar-refractivity contribution in [3.63, 3.8) is 0 Å². The van der Waals surface area contributed by atoms with Gasteiger partial charge in [-0.1, -0.05) is 137 Å². The second-order valence-corrected chi connectivity index (χ2v) is 19.7. The SMILES string of the molecule is CC1(C)CCC(C)(C)c2cc3c(cc21)c1c2c4c5ccccc5ccc4n(-c4nc(-c5ccccc5)nc(-c5cccc6c5sc5ccccc56)n4)c2ccc1n3-c1ccccc1. The summed E-state index contributed by atoms with van der Waals surface area (Å²) in [4.78, 5) is 16.2. The highest BCUT2D eigenvalue weighted by Crippen LogP contribution is 2.51. The molecular weight excluding hydrogens is 787 g/mol. The van der Waals surface area contributed by atoms with Gasteiger partial charge in [0.25, 0.3) is 0 Å². The molecule has 4 aromatic heterocycles. The summed E-state index contributed by atoms with van der Waals surface area (Å²) in [6.45, 7) is 9.71. The van der Waals surface area contributed by atoms with Crippen LogP contribution in [0.1, 0.15) is 51.7 Å². The predicted octanol–water partition coefficient (Wildman–Crippen LogP) is 15.3. The maximum absolute atomic E-state index is 5.50. The number of thiophene rings is 1. The highest BCUT2D eigenvalue weighted by atomic mass is 32.1. The minimum absolute atomic E-state index is 0.0429. The molecule has 1 aliphatic carbocycles. The van der Waals surface area contributed by atoms with Crippen molar-refractivity contribution in [1.82, 2.24) is 24.1 Å². The fourth-order valence-corrected chi connectivity index (χ4v) is 11.9. The van der Waals surface area contributed by atoms with Crippen LogP contribution in [0, 0.1) is 0 Å². The van der Waals surface area contributed by atoms with Crippen molar-refractivity contribution in [3.8, 4) is 34.4 Å². The third-order valence-corrected chi connectivity index (χ3v) is 15.3. The zero-order valence-electron chi connectivity index (χ0n) is 35.6. The van der Waals surface area contributed by atoms with Crippen LogP contribution in [0.15, 0.2) is 164 Å². The van der Waals surface area contributed by atoms with Gasteiger partial charge in [-0.25, -0.2) is 4.98 Å². The minimum Gasteiger partial charge on any atom is -0.309 e. The molecule has 0 saturated heterocycles. The van der Waals surface area contributed by atoms with E-state index in [0.29, 0.717) is 17.6 Å². The molecule has 0 amide bonds. The van der Waals surface area contributed by atoms with Gasteiger partial charge in [-0.2, -0.15) is 9.97 Å². The van der Waals surface area contributed by atoms with Crippen molar-refractivity contribution in [2.24, 2.45) is 0 Å². The van der Waals surface area contributed by atoms with E-state index in [4.69, 9.17) is 15.0 Å². The topological polar surface area (TPSA) is 48.5 Å². The summed E-state index contributed by atoms with van der Waals surface area (Å²) < 4.78 is 7.22. The molecule has 0 fully saturated rings. The first kappa shape index (κ1) is 36.5. The van der Waals surface area contributed by atoms with E-state index in [0.717, 1.165) is 40.7 Å². The Morgan fingerprint density at radius 2 is 1.06 bits per heavy atom. The van der Waals surface area contributed by atoms with Crippen LogP contribution in [-0.4, -0.2) is 24.1 Å². The zero-order chi connectivity index (χ0) is 42.2. The third-order valence-electron chi connectivity index (χ3n) is 14.0. The molecular formula is C57H43N5S. The summed E-state index contributed by atoms with van der Waals surface area (Å²) >= 11 is 1.80. The molecule has 0 radical (unpaired) electrons. The van der Waals surface area contributed by atoms with Gasteiger partial charge in [-0.3, -0.25) is 4.57 Å². The summed E-state index contributed by atoms with van der Waals surface area (Å²) in [5.74, 6) is 1.89. The number of aromatic nitrogens is 5. The number of hydrogen-bond acceptors (Lipinski definition) is 4. The van der Waals surface area contributed by atoms with Crippen molar-refractivity contribution in [2.75, 3.05) is 0 Å². The monoisotopic (exact) mass is 829 g/mol. The lowest BCUT2D eigenvalue weighted by molar-refractivity contribution is 0.332. The molecule has 8 aromatic carbocycles. The van der Waals surface area contributed by atoms with E-state index in [1.165, 1.54) is 74.6 Å². The van der Waals surface area contributed by atoms with Crippen molar-refractivity contribution < 1.29 is 0 Å². The lowest BCUT2D eigenvalue weighted by atomic mass is 9.63. The highest BCUT2D eigenvalue weighted by Gasteiger charge is 2.38. The van der Waals surface area contributed by atoms with Crippen LogP contribution in [0.25, 0.3) is 109 Å². The normalized spacial score (nSPS) is 14.8. The van der Waals surface area contributed by atoms with Gasteiger partial charge in [0.1, 0.15) is 0 Å². The van der Waals surface area contributed by atoms with Crippen LogP contribution >= 0.6 is 11.3 Å². The molecule has 0 bridgehead atoms. The molecule has 0 N–H and O–H groups in total. The average Bonchev–Trinajstić information content (AvgIpc) is 3.98. The number of para-hydroxylation sites is 1. The van der Waals surface area contributed by atoms with Gasteiger partial charge in [-0.15, -0.1) is 11.3 Å². The Morgan fingerprint density at radius 3 is 1.86 bits per heavy atom. The largest absolute Gasteiger partial charge is 0.309 e. The molecule has 302 valence electrons. The molecule has 0 unspecified atom stereocenters. The maximum Gasteiger partial charge on any atom is 0.238 e. The van der Waals surface area contributed by atoms with E-state index in [-0.39, 0.29) is 10.8 Å². The molecule has 1 aliphatic rings. The summed E-state index contributed by atoms with van der Waals surface area (Å²) in [5.41, 5.74) is 10.7. The maximum atomic E-state index is 5.50. The summed E-state index contributed by atoms with van der Waals surface area (Å²) in [6, 6.07) is 59.4. The van der Waals surface area contributed by atoms with E-state index in [2.05, 4.69) is 195 Å². The van der Waals surface area contributed by atoms with E-state index in [1.54, 1.807) is 11.3 Å². The molecule has 6 heteroatoms. The summed E-state index contributed by atoms with van der Waals surface area (Å²) in [7, 11) is 0. The highest BCUT2D eigenvalue weighted by molar-refractivity contribution is 7.26. The second-order valence-electron chi connectivity index (χ2n) is 18.7. The van der Waals surface area contributed by atoms with Crippen LogP contribution in [0.5, 0.6) is 0 Å². The van der Waals surface area contributed by atoms with Gasteiger partial charge in [0.15, 0.2) is 11.6 Å². The van der Waals surface area contributed by atoms with Crippen LogP contribution in [-0.2, 0) is 10.8 Å². The van der Waals surface area contributed by atoms with E-state index < -0.39 is 0 Å². The Balaban J connectivity index is 1.20. The fourth-order valence-electron chi connectivity index (χ4n) is 10.7. The molecule has 13 rings (SSSR count). The zero-order valence-corrected chi connectivity index (χ0v) is 36.5. The quantitative estimate of drug-likeness (QED) is 0.178. The Bertz CT molecular complexity index is 3850. The van der Waals surface area contributed by atoms with Crippen molar-refractivity contribution in [2.45, 2.75) is 51.4 Å². The lowest BCUT2D eigenvalue weighted by Gasteiger charge is -2.42. The first-order valence-electron chi connectivity index (χ1n) is 22.0. The lowest BCUT2D eigenvalue weighted by Crippen LogP contribution is -2.33. The molecule has 5 nitrogen and oxygen atoms in total. The van der Waals surface area contributed by atoms with Gasteiger partial charge in [0, 0.05) is 58.5 Å². The van der Waals surface area contributed by atoms with Gasteiger partial charge >= 0.3 is 0 Å². The van der Waals surface area contributed by atoms with E-state index in [9.17, 15) is 0 Å². The fraction of sp³-hybridized carbons (Fsp3) is 0.140. The first-order valence-corrected chi connectivity index (χ1v) is 22.8. The van der Waals surface area contributed by atoms with Gasteiger partial charge in [0.05, 0.1) is 22.1 Å². The number of fused-ring (bicyclic) bond motifs is 13. The smallest absolute Gasteiger partial charge is 0.238 e. The van der Waals surface area contributed by atoms with Gasteiger partial charge in [-0.05, 0) is 100 Å². The molecule has 0 saturated carbocycles. The van der Waals surface area contributed by atoms with E-state index in [1.807, 2.05) is 6.07 Å². The Hall–Kier alpha value is -7.15. The molecule has 12 aromatic rings. The van der Waals surface area contributed by atoms with Gasteiger partial charge < -0.3 is 4.57 Å². The van der Waals surface area contributed by atoms with Crippen LogP contribution < -0.4 is 0 Å². The van der Waals surface area contributed by atoms with Crippen LogP contribution in [0.3, 0.4) is 0 Å². The molecule has 63 heavy (non-hydrogen) atoms. The van der Waals surface area contributed by atoms with Crippen LogP contribution in [0.4, 0.5) is 0 Å². The minimum atomic E-state index is 0.0429. The summed E-state index contributed by atoms with van der Waals surface area (Å²) in [6.07, 6.45) is 2.31. The van der Waals surface area contributed by atoms with Crippen LogP contribution in [0.2, 0.25) is 0 Å².